The minimum atomic E-state index is -0.872. The normalized spacial score (nSPS) is 21.9. The third-order valence-electron chi connectivity index (χ3n) is 3.69. The van der Waals surface area contributed by atoms with Gasteiger partial charge in [0.25, 0.3) is 0 Å². The Balaban J connectivity index is 2.35. The molecule has 1 saturated heterocycles. The van der Waals surface area contributed by atoms with E-state index in [9.17, 15) is 9.59 Å². The van der Waals surface area contributed by atoms with E-state index in [1.165, 1.54) is 4.90 Å². The van der Waals surface area contributed by atoms with Crippen molar-refractivity contribution >= 4 is 12.0 Å². The molecule has 0 bridgehead atoms. The number of imide groups is 1. The number of hydrogen-bond donors (Lipinski definition) is 1. The minimum absolute atomic E-state index is 0.115. The zero-order chi connectivity index (χ0) is 14.6. The zero-order valence-electron chi connectivity index (χ0n) is 11.7. The first-order valence-electron chi connectivity index (χ1n) is 6.91. The summed E-state index contributed by atoms with van der Waals surface area (Å²) in [6.45, 7) is 2.27. The number of nitrogens with zero attached hydrogens (tertiary/aromatic N) is 1. The van der Waals surface area contributed by atoms with Crippen LogP contribution in [0.1, 0.15) is 31.7 Å². The van der Waals surface area contributed by atoms with E-state index in [0.717, 1.165) is 18.4 Å². The molecule has 0 saturated carbocycles. The van der Waals surface area contributed by atoms with E-state index < -0.39 is 11.6 Å². The minimum Gasteiger partial charge on any atom is -0.446 e. The molecule has 1 aromatic carbocycles. The van der Waals surface area contributed by atoms with Crippen LogP contribution >= 0.6 is 0 Å². The van der Waals surface area contributed by atoms with Gasteiger partial charge in [-0.25, -0.2) is 9.69 Å². The summed E-state index contributed by atoms with van der Waals surface area (Å²) in [5, 5.41) is 0. The average Bonchev–Trinajstić information content (AvgIpc) is 2.83. The van der Waals surface area contributed by atoms with Crippen molar-refractivity contribution in [3.63, 3.8) is 0 Å². The highest BCUT2D eigenvalue weighted by Crippen LogP contribution is 2.34. The molecule has 0 aromatic heterocycles. The van der Waals surface area contributed by atoms with Crippen molar-refractivity contribution in [2.75, 3.05) is 13.2 Å². The van der Waals surface area contributed by atoms with E-state index in [4.69, 9.17) is 10.5 Å². The molecule has 0 spiro atoms. The van der Waals surface area contributed by atoms with Crippen molar-refractivity contribution in [2.45, 2.75) is 31.7 Å². The summed E-state index contributed by atoms with van der Waals surface area (Å²) in [5.74, 6) is -0.219. The summed E-state index contributed by atoms with van der Waals surface area (Å²) >= 11 is 0. The first-order valence-corrected chi connectivity index (χ1v) is 6.91. The number of rotatable bonds is 5. The zero-order valence-corrected chi connectivity index (χ0v) is 11.7. The molecule has 1 aromatic rings. The number of benzene rings is 1. The lowest BCUT2D eigenvalue weighted by molar-refractivity contribution is -0.131. The molecule has 1 unspecified atom stereocenters. The Morgan fingerprint density at radius 3 is 2.70 bits per heavy atom. The molecule has 2 rings (SSSR count). The summed E-state index contributed by atoms with van der Waals surface area (Å²) in [6, 6.07) is 9.35. The number of carbonyl (C=O) groups is 2. The maximum atomic E-state index is 12.3. The second-order valence-electron chi connectivity index (χ2n) is 4.99. The topological polar surface area (TPSA) is 72.6 Å². The van der Waals surface area contributed by atoms with Crippen LogP contribution < -0.4 is 5.73 Å². The highest BCUT2D eigenvalue weighted by molar-refractivity contribution is 5.94. The Morgan fingerprint density at radius 2 is 2.10 bits per heavy atom. The summed E-state index contributed by atoms with van der Waals surface area (Å²) in [7, 11) is 0. The molecular weight excluding hydrogens is 256 g/mol. The van der Waals surface area contributed by atoms with Crippen molar-refractivity contribution in [2.24, 2.45) is 5.73 Å². The molecular formula is C15H20N2O3. The quantitative estimate of drug-likeness (QED) is 0.893. The van der Waals surface area contributed by atoms with Crippen molar-refractivity contribution < 1.29 is 14.3 Å². The summed E-state index contributed by atoms with van der Waals surface area (Å²) in [4.78, 5) is 25.5. The lowest BCUT2D eigenvalue weighted by atomic mass is 9.89. The smallest absolute Gasteiger partial charge is 0.417 e. The van der Waals surface area contributed by atoms with Crippen LogP contribution in [-0.4, -0.2) is 30.1 Å². The highest BCUT2D eigenvalue weighted by Gasteiger charge is 2.50. The standard InChI is InChI=1S/C15H20N2O3/c1-2-3-9-13(18)17-14(19)20-11-15(17,10-16)12-7-5-4-6-8-12/h4-8H,2-3,9-11,16H2,1H3. The van der Waals surface area contributed by atoms with Crippen LogP contribution in [0.5, 0.6) is 0 Å². The Bertz CT molecular complexity index is 489. The first kappa shape index (κ1) is 14.5. The molecule has 20 heavy (non-hydrogen) atoms. The van der Waals surface area contributed by atoms with Gasteiger partial charge in [-0.1, -0.05) is 43.7 Å². The van der Waals surface area contributed by atoms with Gasteiger partial charge < -0.3 is 10.5 Å². The van der Waals surface area contributed by atoms with Gasteiger partial charge in [-0.3, -0.25) is 4.79 Å². The maximum absolute atomic E-state index is 12.3. The highest BCUT2D eigenvalue weighted by atomic mass is 16.6. The van der Waals surface area contributed by atoms with Gasteiger partial charge >= 0.3 is 6.09 Å². The number of ether oxygens (including phenoxy) is 1. The van der Waals surface area contributed by atoms with Gasteiger partial charge in [-0.05, 0) is 12.0 Å². The van der Waals surface area contributed by atoms with E-state index in [1.54, 1.807) is 0 Å². The number of nitrogens with two attached hydrogens (primary N) is 1. The third kappa shape index (κ3) is 2.41. The SMILES string of the molecule is CCCCC(=O)N1C(=O)OCC1(CN)c1ccccc1. The van der Waals surface area contributed by atoms with Gasteiger partial charge in [0, 0.05) is 13.0 Å². The van der Waals surface area contributed by atoms with Crippen molar-refractivity contribution in [3.05, 3.63) is 35.9 Å². The number of amides is 2. The van der Waals surface area contributed by atoms with Crippen LogP contribution in [0.2, 0.25) is 0 Å². The van der Waals surface area contributed by atoms with Gasteiger partial charge in [0.15, 0.2) is 0 Å². The fraction of sp³-hybridized carbons (Fsp3) is 0.467. The molecule has 2 N–H and O–H groups in total. The van der Waals surface area contributed by atoms with E-state index >= 15 is 0 Å². The Labute approximate surface area is 118 Å². The van der Waals surface area contributed by atoms with E-state index in [2.05, 4.69) is 0 Å². The van der Waals surface area contributed by atoms with Gasteiger partial charge in [0.1, 0.15) is 12.1 Å². The average molecular weight is 276 g/mol. The molecule has 1 atom stereocenters. The van der Waals surface area contributed by atoms with E-state index in [-0.39, 0.29) is 19.1 Å². The summed E-state index contributed by atoms with van der Waals surface area (Å²) < 4.78 is 5.11. The maximum Gasteiger partial charge on any atom is 0.417 e. The molecule has 5 heteroatoms. The molecule has 108 valence electrons. The van der Waals surface area contributed by atoms with Gasteiger partial charge in [-0.2, -0.15) is 0 Å². The lowest BCUT2D eigenvalue weighted by Crippen LogP contribution is -2.52. The van der Waals surface area contributed by atoms with E-state index in [0.29, 0.717) is 6.42 Å². The van der Waals surface area contributed by atoms with Crippen molar-refractivity contribution in [1.82, 2.24) is 4.90 Å². The van der Waals surface area contributed by atoms with Gasteiger partial charge in [0.2, 0.25) is 5.91 Å². The second-order valence-corrected chi connectivity index (χ2v) is 4.99. The molecule has 0 radical (unpaired) electrons. The molecule has 1 heterocycles. The Kier molecular flexibility index (Phi) is 4.39. The van der Waals surface area contributed by atoms with Crippen LogP contribution in [0.25, 0.3) is 0 Å². The molecule has 1 fully saturated rings. The van der Waals surface area contributed by atoms with Gasteiger partial charge in [-0.15, -0.1) is 0 Å². The largest absolute Gasteiger partial charge is 0.446 e. The second kappa shape index (κ2) is 6.05. The third-order valence-corrected chi connectivity index (χ3v) is 3.69. The van der Waals surface area contributed by atoms with E-state index in [1.807, 2.05) is 37.3 Å². The molecule has 1 aliphatic heterocycles. The van der Waals surface area contributed by atoms with Crippen LogP contribution in [0, 0.1) is 0 Å². The number of carbonyl (C=O) groups excluding carboxylic acids is 2. The van der Waals surface area contributed by atoms with Crippen LogP contribution in [0.15, 0.2) is 30.3 Å². The molecule has 2 amide bonds. The Hall–Kier alpha value is -1.88. The van der Waals surface area contributed by atoms with Gasteiger partial charge in [0.05, 0.1) is 0 Å². The number of hydrogen-bond acceptors (Lipinski definition) is 4. The fourth-order valence-electron chi connectivity index (χ4n) is 2.49. The summed E-state index contributed by atoms with van der Waals surface area (Å²) in [5.41, 5.74) is 5.85. The summed E-state index contributed by atoms with van der Waals surface area (Å²) in [6.07, 6.45) is 1.38. The van der Waals surface area contributed by atoms with Crippen molar-refractivity contribution in [3.8, 4) is 0 Å². The van der Waals surface area contributed by atoms with Crippen LogP contribution in [0.4, 0.5) is 4.79 Å². The van der Waals surface area contributed by atoms with Crippen LogP contribution in [-0.2, 0) is 15.1 Å². The number of cyclic esters (lactones) is 1. The number of unbranched alkanes of at least 4 members (excludes halogenated alkanes) is 1. The first-order chi connectivity index (χ1) is 9.65. The molecule has 1 aliphatic rings. The monoisotopic (exact) mass is 276 g/mol. The predicted molar refractivity (Wildman–Crippen MR) is 74.9 cm³/mol. The molecule has 5 nitrogen and oxygen atoms in total. The predicted octanol–water partition coefficient (Wildman–Crippen LogP) is 2.01. The van der Waals surface area contributed by atoms with Crippen LogP contribution in [0.3, 0.4) is 0 Å². The fourth-order valence-corrected chi connectivity index (χ4v) is 2.49. The molecule has 0 aliphatic carbocycles. The Morgan fingerprint density at radius 1 is 1.40 bits per heavy atom. The lowest BCUT2D eigenvalue weighted by Gasteiger charge is -2.33. The van der Waals surface area contributed by atoms with Crippen molar-refractivity contribution in [1.29, 1.82) is 0 Å².